The first-order valence-electron chi connectivity index (χ1n) is 6.74. The molecule has 0 saturated carbocycles. The Kier molecular flexibility index (Phi) is 3.49. The first-order valence-corrected chi connectivity index (χ1v) is 7.62. The number of rotatable bonds is 1. The van der Waals surface area contributed by atoms with E-state index in [1.807, 2.05) is 44.2 Å². The van der Waals surface area contributed by atoms with Crippen LogP contribution < -0.4 is 0 Å². The third kappa shape index (κ3) is 2.20. The van der Waals surface area contributed by atoms with Crippen LogP contribution in [-0.4, -0.2) is 5.78 Å². The highest BCUT2D eigenvalue weighted by Crippen LogP contribution is 2.47. The van der Waals surface area contributed by atoms with Gasteiger partial charge in [0.05, 0.1) is 5.25 Å². The second-order valence-electron chi connectivity index (χ2n) is 4.98. The van der Waals surface area contributed by atoms with Crippen molar-refractivity contribution in [1.29, 1.82) is 0 Å². The molecule has 20 heavy (non-hydrogen) atoms. The summed E-state index contributed by atoms with van der Waals surface area (Å²) in [6, 6.07) is 16.4. The molecule has 0 saturated heterocycles. The summed E-state index contributed by atoms with van der Waals surface area (Å²) in [5.41, 5.74) is 4.05. The minimum Gasteiger partial charge on any atom is -0.289 e. The van der Waals surface area contributed by atoms with Crippen LogP contribution in [0.4, 0.5) is 0 Å². The van der Waals surface area contributed by atoms with Crippen LogP contribution in [0.1, 0.15) is 33.7 Å². The van der Waals surface area contributed by atoms with Crippen molar-refractivity contribution in [1.82, 2.24) is 0 Å². The SMILES string of the molecule is CC=C1C(=O)c2cc(C)ccc2SC1c1ccccc1. The second-order valence-corrected chi connectivity index (χ2v) is 6.13. The van der Waals surface area contributed by atoms with Crippen molar-refractivity contribution < 1.29 is 4.79 Å². The number of hydrogen-bond donors (Lipinski definition) is 0. The van der Waals surface area contributed by atoms with Gasteiger partial charge in [-0.05, 0) is 31.5 Å². The summed E-state index contributed by atoms with van der Waals surface area (Å²) in [6.45, 7) is 3.97. The average molecular weight is 280 g/mol. The van der Waals surface area contributed by atoms with Crippen molar-refractivity contribution >= 4 is 17.5 Å². The smallest absolute Gasteiger partial charge is 0.191 e. The third-order valence-electron chi connectivity index (χ3n) is 3.58. The lowest BCUT2D eigenvalue weighted by molar-refractivity contribution is 0.102. The first kappa shape index (κ1) is 13.2. The molecule has 1 nitrogen and oxygen atoms in total. The van der Waals surface area contributed by atoms with Crippen LogP contribution in [0.15, 0.2) is 65.1 Å². The summed E-state index contributed by atoms with van der Waals surface area (Å²) in [5, 5.41) is 0.101. The number of carbonyl (C=O) groups is 1. The van der Waals surface area contributed by atoms with E-state index in [1.165, 1.54) is 5.56 Å². The molecule has 2 aromatic rings. The van der Waals surface area contributed by atoms with Gasteiger partial charge in [-0.25, -0.2) is 0 Å². The van der Waals surface area contributed by atoms with E-state index in [9.17, 15) is 4.79 Å². The largest absolute Gasteiger partial charge is 0.289 e. The van der Waals surface area contributed by atoms with E-state index in [0.717, 1.165) is 21.6 Å². The number of benzene rings is 2. The number of fused-ring (bicyclic) bond motifs is 1. The molecular weight excluding hydrogens is 264 g/mol. The van der Waals surface area contributed by atoms with Crippen molar-refractivity contribution in [3.8, 4) is 0 Å². The highest BCUT2D eigenvalue weighted by atomic mass is 32.2. The van der Waals surface area contributed by atoms with Gasteiger partial charge in [0.2, 0.25) is 0 Å². The molecule has 0 aliphatic carbocycles. The molecule has 1 aliphatic rings. The van der Waals surface area contributed by atoms with Crippen molar-refractivity contribution in [3.05, 3.63) is 76.9 Å². The molecule has 1 atom stereocenters. The van der Waals surface area contributed by atoms with E-state index < -0.39 is 0 Å². The maximum Gasteiger partial charge on any atom is 0.191 e. The van der Waals surface area contributed by atoms with Crippen molar-refractivity contribution in [2.45, 2.75) is 24.0 Å². The van der Waals surface area contributed by atoms with E-state index >= 15 is 0 Å². The highest BCUT2D eigenvalue weighted by Gasteiger charge is 2.31. The van der Waals surface area contributed by atoms with Gasteiger partial charge in [-0.2, -0.15) is 0 Å². The van der Waals surface area contributed by atoms with E-state index in [0.29, 0.717) is 0 Å². The Bertz CT molecular complexity index is 686. The summed E-state index contributed by atoms with van der Waals surface area (Å²) in [7, 11) is 0. The minimum atomic E-state index is 0.101. The molecule has 1 unspecified atom stereocenters. The molecular formula is C18H16OS. The van der Waals surface area contributed by atoms with Crippen molar-refractivity contribution in [3.63, 3.8) is 0 Å². The zero-order valence-corrected chi connectivity index (χ0v) is 12.4. The fourth-order valence-electron chi connectivity index (χ4n) is 2.55. The number of hydrogen-bond acceptors (Lipinski definition) is 2. The summed E-state index contributed by atoms with van der Waals surface area (Å²) in [5.74, 6) is 0.166. The Hall–Kier alpha value is -1.80. The second kappa shape index (κ2) is 5.29. The lowest BCUT2D eigenvalue weighted by Gasteiger charge is -2.26. The summed E-state index contributed by atoms with van der Waals surface area (Å²) in [6.07, 6.45) is 1.96. The maximum absolute atomic E-state index is 12.7. The number of Topliss-reactive ketones (excluding diaryl/α,β-unsaturated/α-hetero) is 1. The Labute approximate surface area is 123 Å². The number of carbonyl (C=O) groups excluding carboxylic acids is 1. The van der Waals surface area contributed by atoms with Gasteiger partial charge in [-0.1, -0.05) is 48.0 Å². The van der Waals surface area contributed by atoms with E-state index in [2.05, 4.69) is 24.3 Å². The van der Waals surface area contributed by atoms with Gasteiger partial charge in [0, 0.05) is 16.0 Å². The number of aryl methyl sites for hydroxylation is 1. The van der Waals surface area contributed by atoms with Gasteiger partial charge in [0.25, 0.3) is 0 Å². The predicted octanol–water partition coefficient (Wildman–Crippen LogP) is 4.97. The van der Waals surface area contributed by atoms with Gasteiger partial charge < -0.3 is 0 Å². The Morgan fingerprint density at radius 1 is 1.10 bits per heavy atom. The lowest BCUT2D eigenvalue weighted by Crippen LogP contribution is -2.16. The van der Waals surface area contributed by atoms with Gasteiger partial charge in [-0.3, -0.25) is 4.79 Å². The molecule has 0 amide bonds. The van der Waals surface area contributed by atoms with Crippen LogP contribution in [-0.2, 0) is 0 Å². The Morgan fingerprint density at radius 3 is 2.55 bits per heavy atom. The van der Waals surface area contributed by atoms with Crippen molar-refractivity contribution in [2.24, 2.45) is 0 Å². The topological polar surface area (TPSA) is 17.1 Å². The van der Waals surface area contributed by atoms with E-state index in [4.69, 9.17) is 0 Å². The third-order valence-corrected chi connectivity index (χ3v) is 4.95. The van der Waals surface area contributed by atoms with Crippen LogP contribution in [0.25, 0.3) is 0 Å². The molecule has 100 valence electrons. The molecule has 3 rings (SSSR count). The number of allylic oxidation sites excluding steroid dienone is 1. The van der Waals surface area contributed by atoms with Gasteiger partial charge >= 0.3 is 0 Å². The molecule has 2 heteroatoms. The Morgan fingerprint density at radius 2 is 1.85 bits per heavy atom. The van der Waals surface area contributed by atoms with Crippen molar-refractivity contribution in [2.75, 3.05) is 0 Å². The molecule has 2 aromatic carbocycles. The molecule has 0 bridgehead atoms. The summed E-state index contributed by atoms with van der Waals surface area (Å²) in [4.78, 5) is 13.8. The van der Waals surface area contributed by atoms with Crippen LogP contribution >= 0.6 is 11.8 Å². The molecule has 0 radical (unpaired) electrons. The zero-order chi connectivity index (χ0) is 14.1. The highest BCUT2D eigenvalue weighted by molar-refractivity contribution is 8.00. The standard InChI is InChI=1S/C18H16OS/c1-3-14-17(19)15-11-12(2)9-10-16(15)20-18(14)13-7-5-4-6-8-13/h3-11,18H,1-2H3. The van der Waals surface area contributed by atoms with Crippen LogP contribution in [0, 0.1) is 6.92 Å². The molecule has 0 aromatic heterocycles. The summed E-state index contributed by atoms with van der Waals surface area (Å²) < 4.78 is 0. The maximum atomic E-state index is 12.7. The van der Waals surface area contributed by atoms with Gasteiger partial charge in [0.1, 0.15) is 0 Å². The molecule has 0 N–H and O–H groups in total. The lowest BCUT2D eigenvalue weighted by atomic mass is 9.94. The van der Waals surface area contributed by atoms with Gasteiger partial charge in [-0.15, -0.1) is 11.8 Å². The molecule has 1 aliphatic heterocycles. The number of ketones is 1. The average Bonchev–Trinajstić information content (AvgIpc) is 2.48. The molecule has 0 fully saturated rings. The van der Waals surface area contributed by atoms with Gasteiger partial charge in [0.15, 0.2) is 5.78 Å². The van der Waals surface area contributed by atoms with Crippen LogP contribution in [0.5, 0.6) is 0 Å². The fourth-order valence-corrected chi connectivity index (χ4v) is 3.89. The summed E-state index contributed by atoms with van der Waals surface area (Å²) >= 11 is 1.77. The van der Waals surface area contributed by atoms with E-state index in [1.54, 1.807) is 11.8 Å². The monoisotopic (exact) mass is 280 g/mol. The van der Waals surface area contributed by atoms with Crippen LogP contribution in [0.3, 0.4) is 0 Å². The van der Waals surface area contributed by atoms with E-state index in [-0.39, 0.29) is 11.0 Å². The zero-order valence-electron chi connectivity index (χ0n) is 11.6. The molecule has 1 heterocycles. The first-order chi connectivity index (χ1) is 9.70. The minimum absolute atomic E-state index is 0.101. The Balaban J connectivity index is 2.11. The fraction of sp³-hybridized carbons (Fsp3) is 0.167. The normalized spacial score (nSPS) is 20.0. The predicted molar refractivity (Wildman–Crippen MR) is 84.3 cm³/mol. The van der Waals surface area contributed by atoms with Crippen LogP contribution in [0.2, 0.25) is 0 Å². The molecule has 0 spiro atoms. The quantitative estimate of drug-likeness (QED) is 0.686. The number of thioether (sulfide) groups is 1.